The summed E-state index contributed by atoms with van der Waals surface area (Å²) in [5, 5.41) is 21.5. The molecule has 2 aromatic rings. The Morgan fingerprint density at radius 1 is 0.700 bits per heavy atom. The number of rotatable bonds is 7. The molecule has 30 heavy (non-hydrogen) atoms. The van der Waals surface area contributed by atoms with E-state index in [1.54, 1.807) is 0 Å². The summed E-state index contributed by atoms with van der Waals surface area (Å²) < 4.78 is 0. The Morgan fingerprint density at radius 3 is 1.73 bits per heavy atom. The molecule has 2 aromatic carbocycles. The van der Waals surface area contributed by atoms with Gasteiger partial charge in [0.15, 0.2) is 0 Å². The van der Waals surface area contributed by atoms with Crippen LogP contribution in [0.2, 0.25) is 0 Å². The second-order valence-corrected chi connectivity index (χ2v) is 10.9. The van der Waals surface area contributed by atoms with Gasteiger partial charge in [-0.2, -0.15) is 0 Å². The standard InChI is InChI=1S/C28H42O2/c1-9-10-11-12-13-22-16-20(14-19(2)25(22)29)15-21-17-23(27(3,4)5)26(30)24(18-21)28(6,7)8/h14,16-18,29-30H,9-13,15H2,1-8H3. The minimum atomic E-state index is -0.130. The van der Waals surface area contributed by atoms with Gasteiger partial charge in [-0.1, -0.05) is 92.0 Å². The van der Waals surface area contributed by atoms with Crippen LogP contribution in [0.25, 0.3) is 0 Å². The predicted molar refractivity (Wildman–Crippen MR) is 129 cm³/mol. The van der Waals surface area contributed by atoms with E-state index in [1.807, 2.05) is 6.92 Å². The van der Waals surface area contributed by atoms with Crippen LogP contribution in [0.1, 0.15) is 108 Å². The van der Waals surface area contributed by atoms with Gasteiger partial charge >= 0.3 is 0 Å². The van der Waals surface area contributed by atoms with Crippen LogP contribution in [-0.2, 0) is 23.7 Å². The van der Waals surface area contributed by atoms with Gasteiger partial charge in [0.1, 0.15) is 11.5 Å². The first kappa shape index (κ1) is 24.3. The molecule has 0 atom stereocenters. The molecule has 0 heterocycles. The van der Waals surface area contributed by atoms with Crippen molar-refractivity contribution < 1.29 is 10.2 Å². The number of hydrogen-bond donors (Lipinski definition) is 2. The highest BCUT2D eigenvalue weighted by Gasteiger charge is 2.26. The number of phenols is 2. The Bertz CT molecular complexity index is 828. The van der Waals surface area contributed by atoms with Gasteiger partial charge in [0, 0.05) is 0 Å². The third-order valence-electron chi connectivity index (χ3n) is 5.93. The average molecular weight is 411 g/mol. The van der Waals surface area contributed by atoms with Crippen molar-refractivity contribution in [3.63, 3.8) is 0 Å². The van der Waals surface area contributed by atoms with Crippen molar-refractivity contribution in [3.8, 4) is 11.5 Å². The van der Waals surface area contributed by atoms with Crippen molar-refractivity contribution in [3.05, 3.63) is 57.6 Å². The van der Waals surface area contributed by atoms with Gasteiger partial charge < -0.3 is 10.2 Å². The van der Waals surface area contributed by atoms with Crippen molar-refractivity contribution in [2.24, 2.45) is 0 Å². The average Bonchev–Trinajstić information content (AvgIpc) is 2.62. The Morgan fingerprint density at radius 2 is 1.23 bits per heavy atom. The molecule has 0 spiro atoms. The minimum absolute atomic E-state index is 0.130. The lowest BCUT2D eigenvalue weighted by atomic mass is 9.78. The van der Waals surface area contributed by atoms with Gasteiger partial charge in [-0.15, -0.1) is 0 Å². The van der Waals surface area contributed by atoms with Gasteiger partial charge in [-0.05, 0) is 70.4 Å². The summed E-state index contributed by atoms with van der Waals surface area (Å²) in [6, 6.07) is 8.60. The predicted octanol–water partition coefficient (Wildman–Crippen LogP) is 7.71. The van der Waals surface area contributed by atoms with Crippen LogP contribution < -0.4 is 0 Å². The number of unbranched alkanes of at least 4 members (excludes halogenated alkanes) is 3. The molecule has 0 amide bonds. The zero-order valence-corrected chi connectivity index (χ0v) is 20.4. The molecular weight excluding hydrogens is 368 g/mol. The largest absolute Gasteiger partial charge is 0.507 e. The Balaban J connectivity index is 2.43. The molecule has 0 aliphatic heterocycles. The van der Waals surface area contributed by atoms with E-state index in [2.05, 4.69) is 72.7 Å². The van der Waals surface area contributed by atoms with Gasteiger partial charge in [0.05, 0.1) is 0 Å². The van der Waals surface area contributed by atoms with Crippen molar-refractivity contribution >= 4 is 0 Å². The highest BCUT2D eigenvalue weighted by molar-refractivity contribution is 5.51. The quantitative estimate of drug-likeness (QED) is 0.459. The lowest BCUT2D eigenvalue weighted by Gasteiger charge is -2.28. The fourth-order valence-corrected chi connectivity index (χ4v) is 4.14. The molecular formula is C28H42O2. The summed E-state index contributed by atoms with van der Waals surface area (Å²) in [6.07, 6.45) is 6.52. The van der Waals surface area contributed by atoms with E-state index >= 15 is 0 Å². The van der Waals surface area contributed by atoms with E-state index in [0.717, 1.165) is 41.5 Å². The molecule has 0 unspecified atom stereocenters. The van der Waals surface area contributed by atoms with Crippen molar-refractivity contribution in [1.29, 1.82) is 0 Å². The molecule has 2 heteroatoms. The lowest BCUT2D eigenvalue weighted by Crippen LogP contribution is -2.18. The lowest BCUT2D eigenvalue weighted by molar-refractivity contribution is 0.423. The maximum Gasteiger partial charge on any atom is 0.123 e. The SMILES string of the molecule is CCCCCCc1cc(Cc2cc(C(C)(C)C)c(O)c(C(C)(C)C)c2)cc(C)c1O. The Kier molecular flexibility index (Phi) is 7.66. The molecule has 0 saturated heterocycles. The number of aryl methyl sites for hydroxylation is 2. The highest BCUT2D eigenvalue weighted by atomic mass is 16.3. The molecule has 0 aliphatic carbocycles. The second-order valence-electron chi connectivity index (χ2n) is 10.9. The third-order valence-corrected chi connectivity index (χ3v) is 5.93. The molecule has 0 aliphatic rings. The van der Waals surface area contributed by atoms with Crippen LogP contribution in [0.3, 0.4) is 0 Å². The number of aromatic hydroxyl groups is 2. The summed E-state index contributed by atoms with van der Waals surface area (Å²) in [4.78, 5) is 0. The van der Waals surface area contributed by atoms with Gasteiger partial charge in [0.25, 0.3) is 0 Å². The van der Waals surface area contributed by atoms with Crippen LogP contribution in [0, 0.1) is 6.92 Å². The molecule has 0 saturated carbocycles. The normalized spacial score (nSPS) is 12.4. The third kappa shape index (κ3) is 6.03. The van der Waals surface area contributed by atoms with E-state index in [0.29, 0.717) is 11.5 Å². The fourth-order valence-electron chi connectivity index (χ4n) is 4.14. The second kappa shape index (κ2) is 9.45. The summed E-state index contributed by atoms with van der Waals surface area (Å²) in [5.74, 6) is 0.879. The number of phenolic OH excluding ortho intramolecular Hbond substituents is 2. The monoisotopic (exact) mass is 410 g/mol. The summed E-state index contributed by atoms with van der Waals surface area (Å²) in [6.45, 7) is 17.1. The molecule has 2 nitrogen and oxygen atoms in total. The number of benzene rings is 2. The highest BCUT2D eigenvalue weighted by Crippen LogP contribution is 2.40. The van der Waals surface area contributed by atoms with Crippen molar-refractivity contribution in [2.75, 3.05) is 0 Å². The first-order chi connectivity index (χ1) is 13.8. The molecule has 0 bridgehead atoms. The van der Waals surface area contributed by atoms with Gasteiger partial charge in [-0.3, -0.25) is 0 Å². The van der Waals surface area contributed by atoms with Crippen molar-refractivity contribution in [2.45, 2.75) is 105 Å². The van der Waals surface area contributed by atoms with E-state index < -0.39 is 0 Å². The molecule has 166 valence electrons. The topological polar surface area (TPSA) is 40.5 Å². The minimum Gasteiger partial charge on any atom is -0.507 e. The Hall–Kier alpha value is -1.96. The fraction of sp³-hybridized carbons (Fsp3) is 0.571. The van der Waals surface area contributed by atoms with Crippen molar-refractivity contribution in [1.82, 2.24) is 0 Å². The van der Waals surface area contributed by atoms with Crippen LogP contribution >= 0.6 is 0 Å². The maximum atomic E-state index is 11.0. The van der Waals surface area contributed by atoms with Crippen LogP contribution in [0.5, 0.6) is 11.5 Å². The zero-order chi connectivity index (χ0) is 22.7. The molecule has 0 radical (unpaired) electrons. The first-order valence-electron chi connectivity index (χ1n) is 11.5. The summed E-state index contributed by atoms with van der Waals surface area (Å²) in [7, 11) is 0. The molecule has 2 N–H and O–H groups in total. The molecule has 0 fully saturated rings. The van der Waals surface area contributed by atoms with E-state index in [9.17, 15) is 10.2 Å². The van der Waals surface area contributed by atoms with Gasteiger partial charge in [-0.25, -0.2) is 0 Å². The molecule has 0 aromatic heterocycles. The van der Waals surface area contributed by atoms with E-state index in [-0.39, 0.29) is 10.8 Å². The smallest absolute Gasteiger partial charge is 0.123 e. The van der Waals surface area contributed by atoms with E-state index in [4.69, 9.17) is 0 Å². The summed E-state index contributed by atoms with van der Waals surface area (Å²) in [5.41, 5.74) is 6.19. The van der Waals surface area contributed by atoms with Gasteiger partial charge in [0.2, 0.25) is 0 Å². The van der Waals surface area contributed by atoms with Crippen LogP contribution in [0.4, 0.5) is 0 Å². The summed E-state index contributed by atoms with van der Waals surface area (Å²) >= 11 is 0. The Labute approximate surface area is 184 Å². The first-order valence-corrected chi connectivity index (χ1v) is 11.5. The number of hydrogen-bond acceptors (Lipinski definition) is 2. The maximum absolute atomic E-state index is 11.0. The van der Waals surface area contributed by atoms with Crippen LogP contribution in [-0.4, -0.2) is 10.2 Å². The zero-order valence-electron chi connectivity index (χ0n) is 20.4. The molecule has 2 rings (SSSR count). The van der Waals surface area contributed by atoms with Crippen LogP contribution in [0.15, 0.2) is 24.3 Å². The van der Waals surface area contributed by atoms with E-state index in [1.165, 1.54) is 30.4 Å².